The second-order valence-corrected chi connectivity index (χ2v) is 12.9. The minimum absolute atomic E-state index is 0.510. The molecule has 2 aromatic heterocycles. The fourth-order valence-electron chi connectivity index (χ4n) is 6.45. The van der Waals surface area contributed by atoms with E-state index in [9.17, 15) is 0 Å². The van der Waals surface area contributed by atoms with Gasteiger partial charge >= 0.3 is 0 Å². The number of nitrogens with zero attached hydrogens (tertiary/aromatic N) is 6. The van der Waals surface area contributed by atoms with Crippen LogP contribution >= 0.6 is 0 Å². The van der Waals surface area contributed by atoms with Gasteiger partial charge in [-0.3, -0.25) is 9.80 Å². The Morgan fingerprint density at radius 2 is 1.26 bits per heavy atom. The summed E-state index contributed by atoms with van der Waals surface area (Å²) < 4.78 is 16.6. The van der Waals surface area contributed by atoms with Gasteiger partial charge in [-0.1, -0.05) is 40.1 Å². The van der Waals surface area contributed by atoms with E-state index in [-0.39, 0.29) is 0 Å². The van der Waals surface area contributed by atoms with Crippen LogP contribution in [0.5, 0.6) is 0 Å². The maximum Gasteiger partial charge on any atom is 0.137 e. The van der Waals surface area contributed by atoms with Crippen LogP contribution < -0.4 is 9.80 Å². The molecule has 0 atom stereocenters. The lowest BCUT2D eigenvalue weighted by atomic mass is 10.1. The molecule has 2 aliphatic heterocycles. The molecule has 2 aliphatic rings. The van der Waals surface area contributed by atoms with E-state index in [0.29, 0.717) is 13.2 Å². The Kier molecular flexibility index (Phi) is 11.4. The van der Waals surface area contributed by atoms with Crippen molar-refractivity contribution in [1.82, 2.24) is 20.1 Å². The molecule has 0 aliphatic carbocycles. The largest absolute Gasteiger partial charge is 0.374 e. The van der Waals surface area contributed by atoms with E-state index in [0.717, 1.165) is 107 Å². The molecular weight excluding hydrogens is 576 g/mol. The van der Waals surface area contributed by atoms with Crippen LogP contribution in [0.15, 0.2) is 69.7 Å². The van der Waals surface area contributed by atoms with Gasteiger partial charge in [-0.25, -0.2) is 0 Å². The smallest absolute Gasteiger partial charge is 0.137 e. The third kappa shape index (κ3) is 9.44. The van der Waals surface area contributed by atoms with E-state index < -0.39 is 0 Å². The highest BCUT2D eigenvalue weighted by Crippen LogP contribution is 2.20. The Hall–Kier alpha value is -3.66. The molecule has 2 saturated heterocycles. The highest BCUT2D eigenvalue weighted by Gasteiger charge is 2.18. The Morgan fingerprint density at radius 1 is 0.630 bits per heavy atom. The van der Waals surface area contributed by atoms with E-state index in [1.54, 1.807) is 0 Å². The maximum absolute atomic E-state index is 5.78. The molecule has 0 spiro atoms. The Morgan fingerprint density at radius 3 is 1.91 bits per heavy atom. The van der Waals surface area contributed by atoms with Crippen molar-refractivity contribution < 1.29 is 13.8 Å². The van der Waals surface area contributed by atoms with Gasteiger partial charge in [0.1, 0.15) is 17.2 Å². The molecule has 9 nitrogen and oxygen atoms in total. The van der Waals surface area contributed by atoms with Crippen LogP contribution in [-0.2, 0) is 30.6 Å². The Balaban J connectivity index is 0.826. The number of hydrogen-bond donors (Lipinski definition) is 0. The van der Waals surface area contributed by atoms with Crippen LogP contribution in [0.3, 0.4) is 0 Å². The number of rotatable bonds is 15. The van der Waals surface area contributed by atoms with Gasteiger partial charge in [0, 0.05) is 88.8 Å². The molecule has 2 fully saturated rings. The molecule has 0 N–H and O–H groups in total. The molecule has 0 unspecified atom stereocenters. The van der Waals surface area contributed by atoms with Crippen molar-refractivity contribution in [1.29, 1.82) is 0 Å². The summed E-state index contributed by atoms with van der Waals surface area (Å²) >= 11 is 0. The predicted octanol–water partition coefficient (Wildman–Crippen LogP) is 5.55. The fourth-order valence-corrected chi connectivity index (χ4v) is 6.45. The van der Waals surface area contributed by atoms with Crippen LogP contribution in [-0.4, -0.2) is 92.2 Å². The summed E-state index contributed by atoms with van der Waals surface area (Å²) in [5, 5.41) is 8.34. The van der Waals surface area contributed by atoms with E-state index in [2.05, 4.69) is 91.4 Å². The molecule has 0 amide bonds. The second kappa shape index (κ2) is 16.3. The zero-order valence-electron chi connectivity index (χ0n) is 27.7. The molecule has 0 bridgehead atoms. The lowest BCUT2D eigenvalue weighted by molar-refractivity contribution is 0.0871. The Labute approximate surface area is 274 Å². The van der Waals surface area contributed by atoms with Gasteiger partial charge in [0.15, 0.2) is 0 Å². The lowest BCUT2D eigenvalue weighted by Gasteiger charge is -2.36. The predicted molar refractivity (Wildman–Crippen MR) is 183 cm³/mol. The lowest BCUT2D eigenvalue weighted by Crippen LogP contribution is -2.47. The summed E-state index contributed by atoms with van der Waals surface area (Å²) in [6.45, 7) is 16.0. The number of hydrogen-bond acceptors (Lipinski definition) is 9. The number of benzene rings is 2. The fraction of sp³-hybridized carbons (Fsp3) is 0.514. The molecule has 0 saturated carbocycles. The van der Waals surface area contributed by atoms with E-state index in [1.165, 1.54) is 35.5 Å². The maximum atomic E-state index is 5.78. The van der Waals surface area contributed by atoms with Gasteiger partial charge in [-0.15, -0.1) is 0 Å². The number of anilines is 2. The van der Waals surface area contributed by atoms with Crippen molar-refractivity contribution in [2.75, 3.05) is 81.9 Å². The molecule has 0 radical (unpaired) electrons. The zero-order chi connectivity index (χ0) is 31.6. The van der Waals surface area contributed by atoms with Gasteiger partial charge in [0.2, 0.25) is 0 Å². The summed E-state index contributed by atoms with van der Waals surface area (Å²) in [4.78, 5) is 10.1. The first-order chi connectivity index (χ1) is 22.6. The quantitative estimate of drug-likeness (QED) is 0.158. The molecule has 9 heteroatoms. The number of aromatic nitrogens is 2. The van der Waals surface area contributed by atoms with Crippen LogP contribution in [0.4, 0.5) is 11.4 Å². The first-order valence-corrected chi connectivity index (χ1v) is 17.1. The van der Waals surface area contributed by atoms with Crippen molar-refractivity contribution in [2.24, 2.45) is 0 Å². The summed E-state index contributed by atoms with van der Waals surface area (Å²) in [5.41, 5.74) is 7.26. The first-order valence-electron chi connectivity index (χ1n) is 17.1. The third-order valence-electron chi connectivity index (χ3n) is 9.35. The van der Waals surface area contributed by atoms with Crippen LogP contribution in [0, 0.1) is 13.8 Å². The second-order valence-electron chi connectivity index (χ2n) is 12.9. The first kappa shape index (κ1) is 32.3. The van der Waals surface area contributed by atoms with Crippen LogP contribution in [0.25, 0.3) is 0 Å². The SMILES string of the molecule is Cc1ccc(N2CCN(CCCCc3cc(CCc4ccc(N5CCN(CCOCc6cc(C)on6)CC5)cc4)on3)CC2)cc1. The Bertz CT molecular complexity index is 1450. The van der Waals surface area contributed by atoms with Crippen molar-refractivity contribution >= 4 is 11.4 Å². The van der Waals surface area contributed by atoms with Crippen molar-refractivity contribution in [3.63, 3.8) is 0 Å². The van der Waals surface area contributed by atoms with Gasteiger partial charge in [0.25, 0.3) is 0 Å². The topological polar surface area (TPSA) is 74.2 Å². The van der Waals surface area contributed by atoms with Gasteiger partial charge in [0.05, 0.1) is 18.9 Å². The molecule has 6 rings (SSSR count). The highest BCUT2D eigenvalue weighted by molar-refractivity contribution is 5.49. The van der Waals surface area contributed by atoms with Gasteiger partial charge < -0.3 is 23.6 Å². The van der Waals surface area contributed by atoms with Gasteiger partial charge in [-0.05, 0) is 75.9 Å². The number of ether oxygens (including phenoxy) is 1. The van der Waals surface area contributed by atoms with Crippen LogP contribution in [0.1, 0.15) is 46.9 Å². The van der Waals surface area contributed by atoms with Crippen LogP contribution in [0.2, 0.25) is 0 Å². The average molecular weight is 627 g/mol. The molecule has 246 valence electrons. The molecule has 46 heavy (non-hydrogen) atoms. The number of aryl methyl sites for hydroxylation is 5. The van der Waals surface area contributed by atoms with Crippen molar-refractivity contribution in [3.05, 3.63) is 94.7 Å². The normalized spacial score (nSPS) is 16.4. The standard InChI is InChI=1S/C37H50N6O3/c1-30-6-11-35(12-7-30)42-21-17-40(18-22-42)16-4-3-5-33-28-37(46-38-33)15-10-32-8-13-36(14-9-32)43-23-19-41(20-24-43)25-26-44-29-34-27-31(2)45-39-34/h6-9,11-14,27-28H,3-5,10,15-26,29H2,1-2H3. The monoisotopic (exact) mass is 626 g/mol. The third-order valence-corrected chi connectivity index (χ3v) is 9.35. The van der Waals surface area contributed by atoms with Gasteiger partial charge in [-0.2, -0.15) is 0 Å². The molecule has 2 aromatic carbocycles. The van der Waals surface area contributed by atoms with E-state index in [4.69, 9.17) is 13.8 Å². The summed E-state index contributed by atoms with van der Waals surface area (Å²) in [6.07, 6.45) is 5.19. The molecule has 4 heterocycles. The minimum Gasteiger partial charge on any atom is -0.374 e. The van der Waals surface area contributed by atoms with Crippen molar-refractivity contribution in [3.8, 4) is 0 Å². The number of piperazine rings is 2. The highest BCUT2D eigenvalue weighted by atomic mass is 16.5. The summed E-state index contributed by atoms with van der Waals surface area (Å²) in [6, 6.07) is 22.1. The molecular formula is C37H50N6O3. The summed E-state index contributed by atoms with van der Waals surface area (Å²) in [7, 11) is 0. The van der Waals surface area contributed by atoms with E-state index in [1.807, 2.05) is 13.0 Å². The number of unbranched alkanes of at least 4 members (excludes halogenated alkanes) is 1. The van der Waals surface area contributed by atoms with Crippen molar-refractivity contribution in [2.45, 2.75) is 52.6 Å². The molecule has 4 aromatic rings. The zero-order valence-corrected chi connectivity index (χ0v) is 27.7. The van der Waals surface area contributed by atoms with E-state index >= 15 is 0 Å². The minimum atomic E-state index is 0.510. The average Bonchev–Trinajstić information content (AvgIpc) is 3.73. The summed E-state index contributed by atoms with van der Waals surface area (Å²) in [5.74, 6) is 1.81.